The standard InChI is InChI=1S/C15H18N2O4S/c1-3-15(2)6-9-10(7-16)14(22-11(9)8-21-15)17-12(18)4-5-13(19)20/h3-6,8H2,1-2H3,(H,17,18)(H,19,20)/t15-/m1/s1. The van der Waals surface area contributed by atoms with Crippen LogP contribution in [0.4, 0.5) is 5.00 Å². The molecule has 118 valence electrons. The first-order valence-corrected chi connectivity index (χ1v) is 7.90. The SMILES string of the molecule is CC[C@]1(C)Cc2c(sc(NC(=O)CCC(=O)O)c2C#N)CO1. The van der Waals surface area contributed by atoms with E-state index in [1.807, 2.05) is 13.8 Å². The summed E-state index contributed by atoms with van der Waals surface area (Å²) in [5.41, 5.74) is 1.13. The minimum absolute atomic E-state index is 0.105. The van der Waals surface area contributed by atoms with Crippen LogP contribution in [0.3, 0.4) is 0 Å². The topological polar surface area (TPSA) is 99.4 Å². The van der Waals surface area contributed by atoms with Gasteiger partial charge in [0, 0.05) is 17.7 Å². The predicted molar refractivity (Wildman–Crippen MR) is 81.7 cm³/mol. The van der Waals surface area contributed by atoms with Crippen molar-refractivity contribution in [2.45, 2.75) is 51.7 Å². The highest BCUT2D eigenvalue weighted by Crippen LogP contribution is 2.41. The molecule has 1 aliphatic heterocycles. The Kier molecular flexibility index (Phi) is 4.84. The van der Waals surface area contributed by atoms with Gasteiger partial charge in [-0.3, -0.25) is 9.59 Å². The van der Waals surface area contributed by atoms with Crippen molar-refractivity contribution in [3.05, 3.63) is 16.0 Å². The molecule has 0 aromatic carbocycles. The van der Waals surface area contributed by atoms with Crippen molar-refractivity contribution in [2.24, 2.45) is 0 Å². The number of aliphatic carboxylic acids is 1. The average Bonchev–Trinajstić information content (AvgIpc) is 2.81. The van der Waals surface area contributed by atoms with Crippen molar-refractivity contribution in [3.8, 4) is 6.07 Å². The van der Waals surface area contributed by atoms with E-state index >= 15 is 0 Å². The lowest BCUT2D eigenvalue weighted by atomic mass is 9.90. The molecule has 0 bridgehead atoms. The van der Waals surface area contributed by atoms with Crippen LogP contribution in [0.25, 0.3) is 0 Å². The summed E-state index contributed by atoms with van der Waals surface area (Å²) in [6.07, 6.45) is 1.15. The van der Waals surface area contributed by atoms with Crippen LogP contribution in [0.15, 0.2) is 0 Å². The maximum atomic E-state index is 11.8. The second kappa shape index (κ2) is 6.46. The maximum absolute atomic E-state index is 11.8. The molecular weight excluding hydrogens is 304 g/mol. The van der Waals surface area contributed by atoms with Gasteiger partial charge in [-0.25, -0.2) is 0 Å². The Bertz CT molecular complexity index is 647. The predicted octanol–water partition coefficient (Wildman–Crippen LogP) is 2.66. The average molecular weight is 322 g/mol. The van der Waals surface area contributed by atoms with E-state index in [1.54, 1.807) is 0 Å². The molecule has 0 spiro atoms. The van der Waals surface area contributed by atoms with Crippen LogP contribution in [0.1, 0.15) is 49.1 Å². The van der Waals surface area contributed by atoms with E-state index in [-0.39, 0.29) is 18.4 Å². The van der Waals surface area contributed by atoms with E-state index < -0.39 is 11.9 Å². The number of nitriles is 1. The summed E-state index contributed by atoms with van der Waals surface area (Å²) in [6, 6.07) is 2.16. The number of carbonyl (C=O) groups is 2. The third-order valence-corrected chi connectivity index (χ3v) is 4.99. The van der Waals surface area contributed by atoms with Crippen molar-refractivity contribution >= 4 is 28.2 Å². The summed E-state index contributed by atoms with van der Waals surface area (Å²) < 4.78 is 5.85. The number of carbonyl (C=O) groups excluding carboxylic acids is 1. The van der Waals surface area contributed by atoms with Crippen LogP contribution < -0.4 is 5.32 Å². The molecule has 0 fully saturated rings. The van der Waals surface area contributed by atoms with Gasteiger partial charge in [0.1, 0.15) is 11.1 Å². The lowest BCUT2D eigenvalue weighted by Gasteiger charge is -2.32. The molecule has 1 aromatic heterocycles. The summed E-state index contributed by atoms with van der Waals surface area (Å²) in [6.45, 7) is 4.49. The second-order valence-corrected chi connectivity index (χ2v) is 6.64. The van der Waals surface area contributed by atoms with Crippen LogP contribution in [0, 0.1) is 11.3 Å². The number of nitrogens with one attached hydrogen (secondary N) is 1. The molecule has 0 saturated heterocycles. The Balaban J connectivity index is 2.20. The molecule has 0 unspecified atom stereocenters. The van der Waals surface area contributed by atoms with Crippen LogP contribution in [-0.4, -0.2) is 22.6 Å². The minimum atomic E-state index is -1.02. The van der Waals surface area contributed by atoms with Gasteiger partial charge in [-0.2, -0.15) is 5.26 Å². The number of carboxylic acid groups (broad SMARTS) is 1. The second-order valence-electron chi connectivity index (χ2n) is 5.53. The van der Waals surface area contributed by atoms with Crippen molar-refractivity contribution in [1.29, 1.82) is 5.26 Å². The van der Waals surface area contributed by atoms with E-state index in [0.717, 1.165) is 16.9 Å². The third-order valence-electron chi connectivity index (χ3n) is 3.87. The Morgan fingerprint density at radius 1 is 1.50 bits per heavy atom. The van der Waals surface area contributed by atoms with Gasteiger partial charge in [0.15, 0.2) is 0 Å². The number of amides is 1. The van der Waals surface area contributed by atoms with Gasteiger partial charge in [-0.1, -0.05) is 6.92 Å². The van der Waals surface area contributed by atoms with Crippen LogP contribution >= 0.6 is 11.3 Å². The Labute approximate surface area is 132 Å². The number of carboxylic acids is 1. The van der Waals surface area contributed by atoms with E-state index in [2.05, 4.69) is 11.4 Å². The molecular formula is C15H18N2O4S. The lowest BCUT2D eigenvalue weighted by molar-refractivity contribution is -0.138. The quantitative estimate of drug-likeness (QED) is 0.868. The van der Waals surface area contributed by atoms with Gasteiger partial charge in [0.05, 0.1) is 24.2 Å². The number of hydrogen-bond acceptors (Lipinski definition) is 5. The summed E-state index contributed by atoms with van der Waals surface area (Å²) in [7, 11) is 0. The Morgan fingerprint density at radius 3 is 2.82 bits per heavy atom. The first-order valence-electron chi connectivity index (χ1n) is 7.08. The smallest absolute Gasteiger partial charge is 0.303 e. The first-order chi connectivity index (χ1) is 10.4. The van der Waals surface area contributed by atoms with E-state index in [0.29, 0.717) is 23.6 Å². The van der Waals surface area contributed by atoms with Crippen LogP contribution in [0.5, 0.6) is 0 Å². The number of thiophene rings is 1. The molecule has 0 radical (unpaired) electrons. The fourth-order valence-corrected chi connectivity index (χ4v) is 3.42. The molecule has 0 saturated carbocycles. The number of anilines is 1. The zero-order valence-corrected chi connectivity index (χ0v) is 13.4. The molecule has 2 heterocycles. The molecule has 2 N–H and O–H groups in total. The number of hydrogen-bond donors (Lipinski definition) is 2. The van der Waals surface area contributed by atoms with E-state index in [4.69, 9.17) is 9.84 Å². The zero-order valence-electron chi connectivity index (χ0n) is 12.6. The van der Waals surface area contributed by atoms with Crippen molar-refractivity contribution in [1.82, 2.24) is 0 Å². The Hall–Kier alpha value is -1.91. The van der Waals surface area contributed by atoms with Crippen molar-refractivity contribution < 1.29 is 19.4 Å². The summed E-state index contributed by atoms with van der Waals surface area (Å²) in [5.74, 6) is -1.41. The normalized spacial score (nSPS) is 20.0. The fourth-order valence-electron chi connectivity index (χ4n) is 2.32. The van der Waals surface area contributed by atoms with Gasteiger partial charge in [-0.05, 0) is 18.9 Å². The summed E-state index contributed by atoms with van der Waals surface area (Å²) in [5, 5.41) is 21.2. The number of rotatable bonds is 5. The van der Waals surface area contributed by atoms with Gasteiger partial charge < -0.3 is 15.2 Å². The molecule has 2 rings (SSSR count). The number of nitrogens with zero attached hydrogens (tertiary/aromatic N) is 1. The lowest BCUT2D eigenvalue weighted by Crippen LogP contribution is -2.34. The fraction of sp³-hybridized carbons (Fsp3) is 0.533. The third kappa shape index (κ3) is 3.46. The molecule has 7 heteroatoms. The molecule has 1 aromatic rings. The highest BCUT2D eigenvalue weighted by Gasteiger charge is 2.33. The number of fused-ring (bicyclic) bond motifs is 1. The molecule has 0 aliphatic carbocycles. The summed E-state index contributed by atoms with van der Waals surface area (Å²) >= 11 is 1.33. The van der Waals surface area contributed by atoms with E-state index in [1.165, 1.54) is 11.3 Å². The van der Waals surface area contributed by atoms with Gasteiger partial charge in [0.2, 0.25) is 5.91 Å². The van der Waals surface area contributed by atoms with Gasteiger partial charge in [0.25, 0.3) is 0 Å². The molecule has 1 aliphatic rings. The van der Waals surface area contributed by atoms with Crippen LogP contribution in [-0.2, 0) is 27.4 Å². The largest absolute Gasteiger partial charge is 0.481 e. The van der Waals surface area contributed by atoms with Crippen LogP contribution in [0.2, 0.25) is 0 Å². The minimum Gasteiger partial charge on any atom is -0.481 e. The molecule has 1 atom stereocenters. The van der Waals surface area contributed by atoms with Gasteiger partial charge in [-0.15, -0.1) is 11.3 Å². The highest BCUT2D eigenvalue weighted by atomic mass is 32.1. The monoisotopic (exact) mass is 322 g/mol. The maximum Gasteiger partial charge on any atom is 0.303 e. The van der Waals surface area contributed by atoms with Gasteiger partial charge >= 0.3 is 5.97 Å². The van der Waals surface area contributed by atoms with Crippen molar-refractivity contribution in [3.63, 3.8) is 0 Å². The number of ether oxygens (including phenoxy) is 1. The summed E-state index contributed by atoms with van der Waals surface area (Å²) in [4.78, 5) is 23.2. The van der Waals surface area contributed by atoms with Crippen molar-refractivity contribution in [2.75, 3.05) is 5.32 Å². The molecule has 22 heavy (non-hydrogen) atoms. The molecule has 1 amide bonds. The zero-order chi connectivity index (χ0) is 16.3. The molecule has 6 nitrogen and oxygen atoms in total. The Morgan fingerprint density at radius 2 is 2.23 bits per heavy atom. The first kappa shape index (κ1) is 16.5. The highest BCUT2D eigenvalue weighted by molar-refractivity contribution is 7.16. The van der Waals surface area contributed by atoms with E-state index in [9.17, 15) is 14.9 Å².